The van der Waals surface area contributed by atoms with Crippen LogP contribution < -0.4 is 10.2 Å². The van der Waals surface area contributed by atoms with Gasteiger partial charge < -0.3 is 15.3 Å². The Kier molecular flexibility index (Phi) is 4.24. The summed E-state index contributed by atoms with van der Waals surface area (Å²) in [6.45, 7) is 6.48. The summed E-state index contributed by atoms with van der Waals surface area (Å²) in [5.41, 5.74) is 3.62. The Morgan fingerprint density at radius 2 is 2.14 bits per heavy atom. The number of nitrogens with zero attached hydrogens (tertiary/aromatic N) is 3. The molecule has 1 aliphatic heterocycles. The zero-order valence-electron chi connectivity index (χ0n) is 13.1. The molecule has 0 saturated carbocycles. The maximum atomic E-state index is 9.70. The quantitative estimate of drug-likeness (QED) is 0.908. The van der Waals surface area contributed by atoms with Crippen molar-refractivity contribution in [2.75, 3.05) is 23.3 Å². The highest BCUT2D eigenvalue weighted by Gasteiger charge is 2.18. The summed E-state index contributed by atoms with van der Waals surface area (Å²) < 4.78 is 0. The van der Waals surface area contributed by atoms with Gasteiger partial charge in [0.05, 0.1) is 6.10 Å². The van der Waals surface area contributed by atoms with E-state index >= 15 is 0 Å². The molecule has 0 bridgehead atoms. The van der Waals surface area contributed by atoms with Gasteiger partial charge >= 0.3 is 0 Å². The summed E-state index contributed by atoms with van der Waals surface area (Å²) in [7, 11) is 0. The van der Waals surface area contributed by atoms with Gasteiger partial charge in [0.1, 0.15) is 18.0 Å². The number of aliphatic hydroxyl groups excluding tert-OH is 1. The van der Waals surface area contributed by atoms with E-state index in [2.05, 4.69) is 39.2 Å². The molecule has 0 aliphatic carbocycles. The van der Waals surface area contributed by atoms with Crippen molar-refractivity contribution >= 4 is 11.6 Å². The van der Waals surface area contributed by atoms with Crippen LogP contribution in [0.15, 0.2) is 30.6 Å². The monoisotopic (exact) mass is 298 g/mol. The van der Waals surface area contributed by atoms with Gasteiger partial charge in [-0.25, -0.2) is 9.97 Å². The fraction of sp³-hybridized carbons (Fsp3) is 0.412. The van der Waals surface area contributed by atoms with Crippen LogP contribution in [-0.4, -0.2) is 28.2 Å². The average Bonchev–Trinajstić information content (AvgIpc) is 2.54. The van der Waals surface area contributed by atoms with Crippen LogP contribution in [0.4, 0.5) is 11.6 Å². The first-order valence-electron chi connectivity index (χ1n) is 7.78. The third-order valence-electron chi connectivity index (χ3n) is 4.06. The molecule has 3 rings (SSSR count). The molecule has 2 N–H and O–H groups in total. The Hall–Kier alpha value is -2.14. The lowest BCUT2D eigenvalue weighted by Crippen LogP contribution is -2.31. The van der Waals surface area contributed by atoms with Gasteiger partial charge in [-0.15, -0.1) is 0 Å². The van der Waals surface area contributed by atoms with E-state index in [4.69, 9.17) is 0 Å². The second kappa shape index (κ2) is 6.32. The lowest BCUT2D eigenvalue weighted by molar-refractivity contribution is 0.199. The number of anilines is 2. The maximum absolute atomic E-state index is 9.70. The van der Waals surface area contributed by atoms with Crippen LogP contribution in [0, 0.1) is 0 Å². The van der Waals surface area contributed by atoms with E-state index in [-0.39, 0.29) is 0 Å². The third kappa shape index (κ3) is 3.04. The summed E-state index contributed by atoms with van der Waals surface area (Å²) in [6.07, 6.45) is 2.17. The summed E-state index contributed by atoms with van der Waals surface area (Å²) >= 11 is 0. The van der Waals surface area contributed by atoms with Crippen molar-refractivity contribution < 1.29 is 5.11 Å². The van der Waals surface area contributed by atoms with Crippen LogP contribution >= 0.6 is 0 Å². The predicted octanol–water partition coefficient (Wildman–Crippen LogP) is 2.52. The molecule has 0 unspecified atom stereocenters. The second-order valence-corrected chi connectivity index (χ2v) is 5.67. The van der Waals surface area contributed by atoms with Crippen LogP contribution in [0.3, 0.4) is 0 Å². The fourth-order valence-corrected chi connectivity index (χ4v) is 2.83. The second-order valence-electron chi connectivity index (χ2n) is 5.67. The van der Waals surface area contributed by atoms with Crippen molar-refractivity contribution in [3.63, 3.8) is 0 Å². The normalized spacial score (nSPS) is 15.3. The van der Waals surface area contributed by atoms with Crippen molar-refractivity contribution in [3.8, 4) is 0 Å². The van der Waals surface area contributed by atoms with Gasteiger partial charge in [-0.2, -0.15) is 0 Å². The lowest BCUT2D eigenvalue weighted by atomic mass is 9.96. The Morgan fingerprint density at radius 1 is 1.27 bits per heavy atom. The molecule has 116 valence electrons. The third-order valence-corrected chi connectivity index (χ3v) is 4.06. The largest absolute Gasteiger partial charge is 0.389 e. The standard InChI is InChI=1S/C17H22N4O/c1-3-18-16-9-17(20-11-19-16)21-7-6-14-8-13(12(2)22)4-5-15(14)10-21/h4-5,8-9,11-12,22H,3,6-7,10H2,1-2H3,(H,18,19,20)/t12-/m0/s1. The van der Waals surface area contributed by atoms with Crippen molar-refractivity contribution in [2.24, 2.45) is 0 Å². The molecule has 0 saturated heterocycles. The Balaban J connectivity index is 1.81. The van der Waals surface area contributed by atoms with Crippen molar-refractivity contribution in [2.45, 2.75) is 32.9 Å². The summed E-state index contributed by atoms with van der Waals surface area (Å²) in [5.74, 6) is 1.82. The molecule has 22 heavy (non-hydrogen) atoms. The first kappa shape index (κ1) is 14.8. The van der Waals surface area contributed by atoms with Crippen molar-refractivity contribution in [1.29, 1.82) is 0 Å². The number of nitrogens with one attached hydrogen (secondary N) is 1. The summed E-state index contributed by atoms with van der Waals surface area (Å²) in [5, 5.41) is 12.9. The zero-order valence-corrected chi connectivity index (χ0v) is 13.1. The Morgan fingerprint density at radius 3 is 2.91 bits per heavy atom. The number of hydrogen-bond donors (Lipinski definition) is 2. The fourth-order valence-electron chi connectivity index (χ4n) is 2.83. The molecular weight excluding hydrogens is 276 g/mol. The molecule has 2 heterocycles. The Bertz CT molecular complexity index is 657. The van der Waals surface area contributed by atoms with Gasteiger partial charge in [-0.3, -0.25) is 0 Å². The highest BCUT2D eigenvalue weighted by Crippen LogP contribution is 2.26. The first-order valence-corrected chi connectivity index (χ1v) is 7.78. The van der Waals surface area contributed by atoms with Crippen LogP contribution in [0.5, 0.6) is 0 Å². The zero-order chi connectivity index (χ0) is 15.5. The molecule has 0 spiro atoms. The molecule has 1 aromatic carbocycles. The molecule has 2 aromatic rings. The molecular formula is C17H22N4O. The molecule has 1 atom stereocenters. The van der Waals surface area contributed by atoms with Crippen LogP contribution in [-0.2, 0) is 13.0 Å². The van der Waals surface area contributed by atoms with Gasteiger partial charge in [0.25, 0.3) is 0 Å². The minimum Gasteiger partial charge on any atom is -0.389 e. The number of benzene rings is 1. The van der Waals surface area contributed by atoms with Crippen LogP contribution in [0.1, 0.15) is 36.6 Å². The molecule has 0 radical (unpaired) electrons. The molecule has 5 heteroatoms. The Labute approximate surface area is 131 Å². The number of fused-ring (bicyclic) bond motifs is 1. The van der Waals surface area contributed by atoms with E-state index < -0.39 is 6.10 Å². The average molecular weight is 298 g/mol. The highest BCUT2D eigenvalue weighted by atomic mass is 16.3. The van der Waals surface area contributed by atoms with Crippen LogP contribution in [0.2, 0.25) is 0 Å². The molecule has 1 aliphatic rings. The summed E-state index contributed by atoms with van der Waals surface area (Å²) in [4.78, 5) is 10.9. The van der Waals surface area contributed by atoms with Gasteiger partial charge in [-0.05, 0) is 37.0 Å². The van der Waals surface area contributed by atoms with E-state index in [0.717, 1.165) is 43.3 Å². The van der Waals surface area contributed by atoms with Gasteiger partial charge in [0.2, 0.25) is 0 Å². The first-order chi connectivity index (χ1) is 10.7. The SMILES string of the molecule is CCNc1cc(N2CCc3cc([C@H](C)O)ccc3C2)ncn1. The number of hydrogen-bond acceptors (Lipinski definition) is 5. The molecule has 1 aromatic heterocycles. The van der Waals surface area contributed by atoms with Crippen LogP contribution in [0.25, 0.3) is 0 Å². The minimum absolute atomic E-state index is 0.409. The van der Waals surface area contributed by atoms with E-state index in [0.29, 0.717) is 0 Å². The predicted molar refractivity (Wildman–Crippen MR) is 88.0 cm³/mol. The number of aliphatic hydroxyl groups is 1. The van der Waals surface area contributed by atoms with Crippen molar-refractivity contribution in [1.82, 2.24) is 9.97 Å². The molecule has 5 nitrogen and oxygen atoms in total. The van der Waals surface area contributed by atoms with E-state index in [1.54, 1.807) is 13.3 Å². The molecule has 0 fully saturated rings. The highest BCUT2D eigenvalue weighted by molar-refractivity contribution is 5.51. The van der Waals surface area contributed by atoms with E-state index in [1.165, 1.54) is 11.1 Å². The van der Waals surface area contributed by atoms with E-state index in [9.17, 15) is 5.11 Å². The van der Waals surface area contributed by atoms with Crippen molar-refractivity contribution in [3.05, 3.63) is 47.3 Å². The maximum Gasteiger partial charge on any atom is 0.134 e. The minimum atomic E-state index is -0.409. The van der Waals surface area contributed by atoms with Gasteiger partial charge in [0.15, 0.2) is 0 Å². The number of aromatic nitrogens is 2. The summed E-state index contributed by atoms with van der Waals surface area (Å²) in [6, 6.07) is 8.26. The lowest BCUT2D eigenvalue weighted by Gasteiger charge is -2.30. The van der Waals surface area contributed by atoms with Gasteiger partial charge in [0, 0.05) is 25.7 Å². The topological polar surface area (TPSA) is 61.3 Å². The van der Waals surface area contributed by atoms with E-state index in [1.807, 2.05) is 12.1 Å². The smallest absolute Gasteiger partial charge is 0.134 e. The number of rotatable bonds is 4. The van der Waals surface area contributed by atoms with Gasteiger partial charge in [-0.1, -0.05) is 18.2 Å². The molecule has 0 amide bonds.